The third-order valence-corrected chi connectivity index (χ3v) is 3.10. The molecule has 2 rings (SSSR count). The fourth-order valence-corrected chi connectivity index (χ4v) is 2.39. The van der Waals surface area contributed by atoms with Crippen LogP contribution < -0.4 is 0 Å². The maximum absolute atomic E-state index is 11.0. The van der Waals surface area contributed by atoms with Gasteiger partial charge in [0.05, 0.1) is 0 Å². The molecule has 1 heterocycles. The third-order valence-electron chi connectivity index (χ3n) is 3.10. The average molecular weight is 178 g/mol. The summed E-state index contributed by atoms with van der Waals surface area (Å²) in [5.41, 5.74) is 1.40. The standard InChI is InChI=1S/C11H14O2/c1-2-5-11-6-3-4-9(11)7-10(12)13-8-11/h2,7H,1,3-6,8H2/t11-/m0/s1. The molecule has 70 valence electrons. The largest absolute Gasteiger partial charge is 0.462 e. The molecule has 1 saturated carbocycles. The molecule has 1 fully saturated rings. The van der Waals surface area contributed by atoms with Crippen LogP contribution in [0.2, 0.25) is 0 Å². The van der Waals surface area contributed by atoms with Crippen molar-refractivity contribution in [2.45, 2.75) is 25.7 Å². The van der Waals surface area contributed by atoms with Crippen molar-refractivity contribution in [2.75, 3.05) is 6.61 Å². The van der Waals surface area contributed by atoms with E-state index in [9.17, 15) is 4.79 Å². The minimum absolute atomic E-state index is 0.121. The zero-order valence-corrected chi connectivity index (χ0v) is 7.71. The normalized spacial score (nSPS) is 32.0. The van der Waals surface area contributed by atoms with Gasteiger partial charge in [0.2, 0.25) is 0 Å². The molecule has 0 radical (unpaired) electrons. The smallest absolute Gasteiger partial charge is 0.330 e. The van der Waals surface area contributed by atoms with Gasteiger partial charge in [0.1, 0.15) is 6.61 Å². The van der Waals surface area contributed by atoms with Gasteiger partial charge in [-0.3, -0.25) is 0 Å². The second kappa shape index (κ2) is 3.02. The van der Waals surface area contributed by atoms with E-state index in [-0.39, 0.29) is 11.4 Å². The Balaban J connectivity index is 2.30. The number of rotatable bonds is 2. The van der Waals surface area contributed by atoms with Gasteiger partial charge >= 0.3 is 5.97 Å². The Morgan fingerprint density at radius 1 is 1.69 bits per heavy atom. The number of fused-ring (bicyclic) bond motifs is 1. The summed E-state index contributed by atoms with van der Waals surface area (Å²) < 4.78 is 5.08. The molecule has 0 aromatic heterocycles. The number of hydrogen-bond acceptors (Lipinski definition) is 2. The molecule has 1 aliphatic carbocycles. The van der Waals surface area contributed by atoms with E-state index in [2.05, 4.69) is 6.58 Å². The van der Waals surface area contributed by atoms with Gasteiger partial charge in [0.25, 0.3) is 0 Å². The lowest BCUT2D eigenvalue weighted by Gasteiger charge is -2.32. The molecule has 1 aliphatic heterocycles. The van der Waals surface area contributed by atoms with E-state index < -0.39 is 0 Å². The average Bonchev–Trinajstić information content (AvgIpc) is 2.49. The first-order valence-corrected chi connectivity index (χ1v) is 4.75. The fourth-order valence-electron chi connectivity index (χ4n) is 2.39. The summed E-state index contributed by atoms with van der Waals surface area (Å²) in [6.07, 6.45) is 7.92. The summed E-state index contributed by atoms with van der Waals surface area (Å²) in [7, 11) is 0. The highest BCUT2D eigenvalue weighted by Crippen LogP contribution is 2.47. The second-order valence-electron chi connectivity index (χ2n) is 3.90. The maximum atomic E-state index is 11.0. The first-order valence-electron chi connectivity index (χ1n) is 4.75. The molecule has 13 heavy (non-hydrogen) atoms. The van der Waals surface area contributed by atoms with E-state index in [1.165, 1.54) is 12.0 Å². The molecule has 0 aromatic carbocycles. The highest BCUT2D eigenvalue weighted by atomic mass is 16.5. The van der Waals surface area contributed by atoms with E-state index in [0.717, 1.165) is 19.3 Å². The van der Waals surface area contributed by atoms with Gasteiger partial charge in [-0.2, -0.15) is 0 Å². The van der Waals surface area contributed by atoms with Gasteiger partial charge in [0.15, 0.2) is 0 Å². The highest BCUT2D eigenvalue weighted by Gasteiger charge is 2.41. The molecular weight excluding hydrogens is 164 g/mol. The van der Waals surface area contributed by atoms with Crippen LogP contribution in [0.5, 0.6) is 0 Å². The number of allylic oxidation sites excluding steroid dienone is 1. The van der Waals surface area contributed by atoms with Gasteiger partial charge in [0, 0.05) is 11.5 Å². The Kier molecular flexibility index (Phi) is 1.98. The van der Waals surface area contributed by atoms with Crippen molar-refractivity contribution in [1.29, 1.82) is 0 Å². The van der Waals surface area contributed by atoms with E-state index >= 15 is 0 Å². The monoisotopic (exact) mass is 178 g/mol. The van der Waals surface area contributed by atoms with Crippen molar-refractivity contribution in [3.63, 3.8) is 0 Å². The first-order chi connectivity index (χ1) is 6.27. The van der Waals surface area contributed by atoms with Gasteiger partial charge in [-0.25, -0.2) is 4.79 Å². The minimum atomic E-state index is -0.170. The Morgan fingerprint density at radius 3 is 3.31 bits per heavy atom. The summed E-state index contributed by atoms with van der Waals surface area (Å²) in [5.74, 6) is -0.170. The SMILES string of the molecule is C=CC[C@@]12CCCC1=CC(=O)OC2. The van der Waals surface area contributed by atoms with Crippen LogP contribution >= 0.6 is 0 Å². The summed E-state index contributed by atoms with van der Waals surface area (Å²) in [5, 5.41) is 0. The van der Waals surface area contributed by atoms with E-state index in [0.29, 0.717) is 6.61 Å². The number of hydrogen-bond donors (Lipinski definition) is 0. The molecule has 1 atom stereocenters. The minimum Gasteiger partial charge on any atom is -0.462 e. The highest BCUT2D eigenvalue weighted by molar-refractivity contribution is 5.84. The van der Waals surface area contributed by atoms with Crippen molar-refractivity contribution < 1.29 is 9.53 Å². The Morgan fingerprint density at radius 2 is 2.54 bits per heavy atom. The topological polar surface area (TPSA) is 26.3 Å². The summed E-state index contributed by atoms with van der Waals surface area (Å²) in [6.45, 7) is 4.32. The molecule has 0 saturated heterocycles. The van der Waals surface area contributed by atoms with Crippen LogP contribution in [0.4, 0.5) is 0 Å². The van der Waals surface area contributed by atoms with Crippen molar-refractivity contribution in [3.8, 4) is 0 Å². The molecule has 0 amide bonds. The zero-order valence-electron chi connectivity index (χ0n) is 7.71. The number of esters is 1. The van der Waals surface area contributed by atoms with Crippen LogP contribution in [0.15, 0.2) is 24.3 Å². The molecule has 0 unspecified atom stereocenters. The van der Waals surface area contributed by atoms with E-state index in [4.69, 9.17) is 4.74 Å². The molecular formula is C11H14O2. The van der Waals surface area contributed by atoms with Crippen molar-refractivity contribution in [2.24, 2.45) is 5.41 Å². The molecule has 0 spiro atoms. The summed E-state index contributed by atoms with van der Waals surface area (Å²) >= 11 is 0. The van der Waals surface area contributed by atoms with Crippen LogP contribution in [-0.4, -0.2) is 12.6 Å². The lowest BCUT2D eigenvalue weighted by molar-refractivity contribution is -0.142. The summed E-state index contributed by atoms with van der Waals surface area (Å²) in [4.78, 5) is 11.0. The van der Waals surface area contributed by atoms with Gasteiger partial charge in [-0.05, 0) is 25.7 Å². The van der Waals surface area contributed by atoms with E-state index in [1.54, 1.807) is 6.08 Å². The number of carbonyl (C=O) groups is 1. The maximum Gasteiger partial charge on any atom is 0.330 e. The lowest BCUT2D eigenvalue weighted by Crippen LogP contribution is -2.30. The predicted octanol–water partition coefficient (Wildman–Crippen LogP) is 2.22. The fraction of sp³-hybridized carbons (Fsp3) is 0.545. The van der Waals surface area contributed by atoms with Crippen LogP contribution in [0.25, 0.3) is 0 Å². The van der Waals surface area contributed by atoms with Crippen molar-refractivity contribution in [3.05, 3.63) is 24.3 Å². The van der Waals surface area contributed by atoms with E-state index in [1.807, 2.05) is 6.08 Å². The zero-order chi connectivity index (χ0) is 9.31. The van der Waals surface area contributed by atoms with Crippen molar-refractivity contribution in [1.82, 2.24) is 0 Å². The molecule has 2 heteroatoms. The number of carbonyl (C=O) groups excluding carboxylic acids is 1. The Hall–Kier alpha value is -1.05. The van der Waals surface area contributed by atoms with Crippen LogP contribution in [-0.2, 0) is 9.53 Å². The molecule has 0 N–H and O–H groups in total. The lowest BCUT2D eigenvalue weighted by atomic mass is 9.79. The van der Waals surface area contributed by atoms with Crippen LogP contribution in [0.1, 0.15) is 25.7 Å². The quantitative estimate of drug-likeness (QED) is 0.478. The van der Waals surface area contributed by atoms with Gasteiger partial charge in [-0.15, -0.1) is 6.58 Å². The third kappa shape index (κ3) is 1.30. The van der Waals surface area contributed by atoms with Crippen molar-refractivity contribution >= 4 is 5.97 Å². The molecule has 0 aromatic rings. The predicted molar refractivity (Wildman–Crippen MR) is 50.1 cm³/mol. The molecule has 2 nitrogen and oxygen atoms in total. The molecule has 0 bridgehead atoms. The Labute approximate surface area is 78.3 Å². The Bertz CT molecular complexity index is 278. The van der Waals surface area contributed by atoms with Gasteiger partial charge in [-0.1, -0.05) is 11.6 Å². The molecule has 2 aliphatic rings. The first kappa shape index (κ1) is 8.54. The van der Waals surface area contributed by atoms with Gasteiger partial charge < -0.3 is 4.74 Å². The number of ether oxygens (including phenoxy) is 1. The number of cyclic esters (lactones) is 1. The second-order valence-corrected chi connectivity index (χ2v) is 3.90. The van der Waals surface area contributed by atoms with Crippen LogP contribution in [0, 0.1) is 5.41 Å². The summed E-state index contributed by atoms with van der Waals surface area (Å²) in [6, 6.07) is 0. The van der Waals surface area contributed by atoms with Crippen LogP contribution in [0.3, 0.4) is 0 Å².